The average molecular weight is 182 g/mol. The number of nitrogens with zero attached hydrogens (tertiary/aromatic N) is 1. The molecule has 1 N–H and O–H groups in total. The van der Waals surface area contributed by atoms with Gasteiger partial charge in [0.2, 0.25) is 5.91 Å². The summed E-state index contributed by atoms with van der Waals surface area (Å²) in [5, 5.41) is 3.24. The van der Waals surface area contributed by atoms with Gasteiger partial charge in [0.05, 0.1) is 6.54 Å². The van der Waals surface area contributed by atoms with E-state index in [1.807, 2.05) is 11.9 Å². The Morgan fingerprint density at radius 3 is 2.62 bits per heavy atom. The summed E-state index contributed by atoms with van der Waals surface area (Å²) in [6, 6.07) is 0.637. The standard InChI is InChI=1S/C10H18N2O/c1-12(7-8-2-3-8)10(13)6-11-9-4-5-9/h8-9,11H,2-7H2,1H3. The van der Waals surface area contributed by atoms with Crippen LogP contribution in [0.3, 0.4) is 0 Å². The van der Waals surface area contributed by atoms with Gasteiger partial charge in [0, 0.05) is 19.6 Å². The zero-order valence-corrected chi connectivity index (χ0v) is 8.25. The first-order valence-electron chi connectivity index (χ1n) is 5.23. The van der Waals surface area contributed by atoms with E-state index < -0.39 is 0 Å². The fourth-order valence-corrected chi connectivity index (χ4v) is 1.44. The summed E-state index contributed by atoms with van der Waals surface area (Å²) in [6.45, 7) is 1.50. The molecule has 74 valence electrons. The number of likely N-dealkylation sites (N-methyl/N-ethyl adjacent to an activating group) is 1. The van der Waals surface area contributed by atoms with Crippen LogP contribution in [0.5, 0.6) is 0 Å². The topological polar surface area (TPSA) is 32.3 Å². The lowest BCUT2D eigenvalue weighted by Gasteiger charge is -2.16. The highest BCUT2D eigenvalue weighted by Gasteiger charge is 2.26. The molecule has 0 heterocycles. The fourth-order valence-electron chi connectivity index (χ4n) is 1.44. The quantitative estimate of drug-likeness (QED) is 0.675. The maximum atomic E-state index is 11.5. The number of carbonyl (C=O) groups is 1. The molecule has 0 unspecified atom stereocenters. The number of nitrogens with one attached hydrogen (secondary N) is 1. The van der Waals surface area contributed by atoms with Crippen molar-refractivity contribution >= 4 is 5.91 Å². The summed E-state index contributed by atoms with van der Waals surface area (Å²) in [4.78, 5) is 13.4. The molecule has 2 fully saturated rings. The molecule has 0 aromatic heterocycles. The zero-order chi connectivity index (χ0) is 9.26. The van der Waals surface area contributed by atoms with Crippen molar-refractivity contribution in [2.75, 3.05) is 20.1 Å². The highest BCUT2D eigenvalue weighted by atomic mass is 16.2. The van der Waals surface area contributed by atoms with E-state index in [2.05, 4.69) is 5.32 Å². The van der Waals surface area contributed by atoms with Crippen molar-refractivity contribution in [2.45, 2.75) is 31.7 Å². The maximum absolute atomic E-state index is 11.5. The summed E-state index contributed by atoms with van der Waals surface area (Å²) in [7, 11) is 1.91. The first kappa shape index (κ1) is 9.00. The second-order valence-corrected chi connectivity index (χ2v) is 4.37. The summed E-state index contributed by atoms with van der Waals surface area (Å²) in [6.07, 6.45) is 5.13. The summed E-state index contributed by atoms with van der Waals surface area (Å²) in [5.41, 5.74) is 0. The number of hydrogen-bond donors (Lipinski definition) is 1. The third kappa shape index (κ3) is 2.99. The van der Waals surface area contributed by atoms with Crippen molar-refractivity contribution in [3.63, 3.8) is 0 Å². The Morgan fingerprint density at radius 2 is 2.08 bits per heavy atom. The first-order chi connectivity index (χ1) is 6.25. The largest absolute Gasteiger partial charge is 0.344 e. The Labute approximate surface area is 79.5 Å². The van der Waals surface area contributed by atoms with Gasteiger partial charge in [-0.2, -0.15) is 0 Å². The van der Waals surface area contributed by atoms with E-state index >= 15 is 0 Å². The predicted octanol–water partition coefficient (Wildman–Crippen LogP) is 0.607. The molecule has 0 aliphatic heterocycles. The molecular weight excluding hydrogens is 164 g/mol. The van der Waals surface area contributed by atoms with Crippen LogP contribution in [-0.4, -0.2) is 37.0 Å². The van der Waals surface area contributed by atoms with E-state index in [1.54, 1.807) is 0 Å². The van der Waals surface area contributed by atoms with Crippen LogP contribution in [0.25, 0.3) is 0 Å². The van der Waals surface area contributed by atoms with Gasteiger partial charge in [-0.3, -0.25) is 4.79 Å². The second kappa shape index (κ2) is 3.66. The second-order valence-electron chi connectivity index (χ2n) is 4.37. The molecule has 2 rings (SSSR count). The predicted molar refractivity (Wildman–Crippen MR) is 51.4 cm³/mol. The van der Waals surface area contributed by atoms with Gasteiger partial charge in [-0.25, -0.2) is 0 Å². The Kier molecular flexibility index (Phi) is 2.54. The Hall–Kier alpha value is -0.570. The van der Waals surface area contributed by atoms with Crippen molar-refractivity contribution in [1.82, 2.24) is 10.2 Å². The molecule has 0 aromatic rings. The molecule has 3 heteroatoms. The fraction of sp³-hybridized carbons (Fsp3) is 0.900. The Morgan fingerprint density at radius 1 is 1.38 bits per heavy atom. The van der Waals surface area contributed by atoms with Crippen molar-refractivity contribution in [3.05, 3.63) is 0 Å². The SMILES string of the molecule is CN(CC1CC1)C(=O)CNC1CC1. The number of amides is 1. The van der Waals surface area contributed by atoms with Gasteiger partial charge < -0.3 is 10.2 Å². The number of hydrogen-bond acceptors (Lipinski definition) is 2. The smallest absolute Gasteiger partial charge is 0.236 e. The van der Waals surface area contributed by atoms with Crippen molar-refractivity contribution in [3.8, 4) is 0 Å². The lowest BCUT2D eigenvalue weighted by Crippen LogP contribution is -2.37. The van der Waals surface area contributed by atoms with Gasteiger partial charge >= 0.3 is 0 Å². The van der Waals surface area contributed by atoms with E-state index in [-0.39, 0.29) is 5.91 Å². The molecule has 0 aromatic carbocycles. The van der Waals surface area contributed by atoms with Crippen molar-refractivity contribution < 1.29 is 4.79 Å². The third-order valence-corrected chi connectivity index (χ3v) is 2.77. The molecule has 1 amide bonds. The molecule has 0 saturated heterocycles. The monoisotopic (exact) mass is 182 g/mol. The van der Waals surface area contributed by atoms with Crippen LogP contribution >= 0.6 is 0 Å². The maximum Gasteiger partial charge on any atom is 0.236 e. The van der Waals surface area contributed by atoms with Gasteiger partial charge in [0.25, 0.3) is 0 Å². The highest BCUT2D eigenvalue weighted by Crippen LogP contribution is 2.29. The minimum Gasteiger partial charge on any atom is -0.344 e. The lowest BCUT2D eigenvalue weighted by atomic mass is 10.4. The van der Waals surface area contributed by atoms with E-state index in [0.29, 0.717) is 12.6 Å². The highest BCUT2D eigenvalue weighted by molar-refractivity contribution is 5.78. The third-order valence-electron chi connectivity index (χ3n) is 2.77. The normalized spacial score (nSPS) is 21.6. The van der Waals surface area contributed by atoms with Gasteiger partial charge in [-0.05, 0) is 31.6 Å². The van der Waals surface area contributed by atoms with Crippen LogP contribution in [0, 0.1) is 5.92 Å². The molecular formula is C10H18N2O. The minimum absolute atomic E-state index is 0.249. The summed E-state index contributed by atoms with van der Waals surface area (Å²) in [5.74, 6) is 1.05. The molecule has 2 saturated carbocycles. The summed E-state index contributed by atoms with van der Waals surface area (Å²) >= 11 is 0. The van der Waals surface area contributed by atoms with Crippen LogP contribution in [0.15, 0.2) is 0 Å². The zero-order valence-electron chi connectivity index (χ0n) is 8.25. The van der Waals surface area contributed by atoms with Gasteiger partial charge in [0.15, 0.2) is 0 Å². The van der Waals surface area contributed by atoms with E-state index in [9.17, 15) is 4.79 Å². The van der Waals surface area contributed by atoms with E-state index in [4.69, 9.17) is 0 Å². The Bertz CT molecular complexity index is 197. The average Bonchev–Trinajstić information content (AvgIpc) is 2.94. The minimum atomic E-state index is 0.249. The molecule has 0 radical (unpaired) electrons. The van der Waals surface area contributed by atoms with Crippen LogP contribution in [-0.2, 0) is 4.79 Å². The van der Waals surface area contributed by atoms with Crippen LogP contribution < -0.4 is 5.32 Å². The van der Waals surface area contributed by atoms with E-state index in [0.717, 1.165) is 12.5 Å². The Balaban J connectivity index is 1.61. The molecule has 2 aliphatic rings. The van der Waals surface area contributed by atoms with Crippen molar-refractivity contribution in [2.24, 2.45) is 5.92 Å². The molecule has 13 heavy (non-hydrogen) atoms. The molecule has 0 atom stereocenters. The first-order valence-corrected chi connectivity index (χ1v) is 5.23. The van der Waals surface area contributed by atoms with Crippen LogP contribution in [0.2, 0.25) is 0 Å². The molecule has 0 bridgehead atoms. The van der Waals surface area contributed by atoms with Crippen LogP contribution in [0.4, 0.5) is 0 Å². The van der Waals surface area contributed by atoms with Gasteiger partial charge in [0.1, 0.15) is 0 Å². The molecule has 0 spiro atoms. The van der Waals surface area contributed by atoms with Crippen molar-refractivity contribution in [1.29, 1.82) is 0 Å². The number of rotatable bonds is 5. The van der Waals surface area contributed by atoms with Gasteiger partial charge in [-0.1, -0.05) is 0 Å². The van der Waals surface area contributed by atoms with Gasteiger partial charge in [-0.15, -0.1) is 0 Å². The van der Waals surface area contributed by atoms with Crippen LogP contribution in [0.1, 0.15) is 25.7 Å². The number of carbonyl (C=O) groups excluding carboxylic acids is 1. The molecule has 2 aliphatic carbocycles. The summed E-state index contributed by atoms with van der Waals surface area (Å²) < 4.78 is 0. The lowest BCUT2D eigenvalue weighted by molar-refractivity contribution is -0.129. The molecule has 3 nitrogen and oxygen atoms in total. The van der Waals surface area contributed by atoms with E-state index in [1.165, 1.54) is 25.7 Å².